The number of aromatic nitrogens is 2. The van der Waals surface area contributed by atoms with E-state index in [1.165, 1.54) is 12.8 Å². The lowest BCUT2D eigenvalue weighted by atomic mass is 10.3. The molecule has 1 heterocycles. The molecule has 3 rings (SSSR count). The van der Waals surface area contributed by atoms with Gasteiger partial charge in [-0.1, -0.05) is 23.7 Å². The van der Waals surface area contributed by atoms with Crippen molar-refractivity contribution in [2.45, 2.75) is 12.8 Å². The Labute approximate surface area is 123 Å². The largest absolute Gasteiger partial charge is 0.341 e. The highest BCUT2D eigenvalue weighted by Crippen LogP contribution is 2.29. The van der Waals surface area contributed by atoms with Gasteiger partial charge in [0.05, 0.1) is 22.5 Å². The number of carbonyl (C=O) groups excluding carboxylic acids is 1. The summed E-state index contributed by atoms with van der Waals surface area (Å²) in [5, 5.41) is 4.84. The van der Waals surface area contributed by atoms with Crippen LogP contribution in [0.15, 0.2) is 36.7 Å². The Morgan fingerprint density at radius 2 is 2.20 bits per heavy atom. The Morgan fingerprint density at radius 1 is 1.45 bits per heavy atom. The number of carbonyl (C=O) groups is 1. The summed E-state index contributed by atoms with van der Waals surface area (Å²) in [6.07, 6.45) is 5.79. The molecule has 4 nitrogen and oxygen atoms in total. The van der Waals surface area contributed by atoms with Gasteiger partial charge in [-0.2, -0.15) is 5.10 Å². The van der Waals surface area contributed by atoms with E-state index in [1.807, 2.05) is 25.2 Å². The maximum Gasteiger partial charge on any atom is 0.256 e. The normalized spacial score (nSPS) is 14.3. The molecule has 1 aromatic carbocycles. The summed E-state index contributed by atoms with van der Waals surface area (Å²) < 4.78 is 1.64. The molecule has 0 atom stereocenters. The lowest BCUT2D eigenvalue weighted by Crippen LogP contribution is -2.28. The molecule has 1 fully saturated rings. The van der Waals surface area contributed by atoms with Gasteiger partial charge >= 0.3 is 0 Å². The maximum absolute atomic E-state index is 12.3. The van der Waals surface area contributed by atoms with Gasteiger partial charge in [-0.25, -0.2) is 4.68 Å². The summed E-state index contributed by atoms with van der Waals surface area (Å²) in [7, 11) is 1.84. The lowest BCUT2D eigenvalue weighted by molar-refractivity contribution is 0.0788. The Kier molecular flexibility index (Phi) is 3.49. The summed E-state index contributed by atoms with van der Waals surface area (Å²) >= 11 is 6.13. The third-order valence-electron chi connectivity index (χ3n) is 3.50. The predicted octanol–water partition coefficient (Wildman–Crippen LogP) is 3.01. The fraction of sp³-hybridized carbons (Fsp3) is 0.333. The fourth-order valence-corrected chi connectivity index (χ4v) is 2.42. The molecule has 0 unspecified atom stereocenters. The number of rotatable bonds is 4. The lowest BCUT2D eigenvalue weighted by Gasteiger charge is -2.15. The highest BCUT2D eigenvalue weighted by Gasteiger charge is 2.25. The van der Waals surface area contributed by atoms with Crippen LogP contribution in [0, 0.1) is 5.92 Å². The molecule has 1 amide bonds. The van der Waals surface area contributed by atoms with Crippen LogP contribution in [0.5, 0.6) is 0 Å². The van der Waals surface area contributed by atoms with E-state index in [0.29, 0.717) is 16.5 Å². The first-order valence-corrected chi connectivity index (χ1v) is 7.08. The molecular formula is C15H16ClN3O. The van der Waals surface area contributed by atoms with E-state index in [-0.39, 0.29) is 5.91 Å². The van der Waals surface area contributed by atoms with Crippen LogP contribution in [0.25, 0.3) is 5.69 Å². The first kappa shape index (κ1) is 13.2. The first-order chi connectivity index (χ1) is 9.65. The van der Waals surface area contributed by atoms with Gasteiger partial charge in [-0.3, -0.25) is 4.79 Å². The molecule has 0 saturated heterocycles. The van der Waals surface area contributed by atoms with E-state index >= 15 is 0 Å². The van der Waals surface area contributed by atoms with Gasteiger partial charge in [0.2, 0.25) is 0 Å². The minimum atomic E-state index is 0.00945. The van der Waals surface area contributed by atoms with Gasteiger partial charge in [0, 0.05) is 19.8 Å². The Bertz CT molecular complexity index is 634. The Hall–Kier alpha value is -1.81. The predicted molar refractivity (Wildman–Crippen MR) is 78.3 cm³/mol. The van der Waals surface area contributed by atoms with Crippen molar-refractivity contribution >= 4 is 17.5 Å². The number of benzene rings is 1. The second kappa shape index (κ2) is 5.29. The van der Waals surface area contributed by atoms with Crippen LogP contribution in [0.3, 0.4) is 0 Å². The van der Waals surface area contributed by atoms with Crippen LogP contribution in [-0.2, 0) is 0 Å². The Balaban J connectivity index is 1.79. The molecule has 0 spiro atoms. The molecule has 2 aromatic rings. The summed E-state index contributed by atoms with van der Waals surface area (Å²) in [6, 6.07) is 7.44. The van der Waals surface area contributed by atoms with Gasteiger partial charge in [0.15, 0.2) is 0 Å². The topological polar surface area (TPSA) is 38.1 Å². The van der Waals surface area contributed by atoms with Crippen molar-refractivity contribution in [3.63, 3.8) is 0 Å². The average Bonchev–Trinajstić information content (AvgIpc) is 3.12. The smallest absolute Gasteiger partial charge is 0.256 e. The van der Waals surface area contributed by atoms with Crippen molar-refractivity contribution in [1.29, 1.82) is 0 Å². The van der Waals surface area contributed by atoms with Crippen LogP contribution < -0.4 is 0 Å². The van der Waals surface area contributed by atoms with E-state index in [0.717, 1.165) is 12.2 Å². The quantitative estimate of drug-likeness (QED) is 0.868. The molecule has 1 saturated carbocycles. The molecule has 1 aliphatic rings. The van der Waals surface area contributed by atoms with Gasteiger partial charge < -0.3 is 4.90 Å². The highest BCUT2D eigenvalue weighted by atomic mass is 35.5. The highest BCUT2D eigenvalue weighted by molar-refractivity contribution is 6.32. The molecular weight excluding hydrogens is 274 g/mol. The zero-order valence-corrected chi connectivity index (χ0v) is 12.0. The zero-order valence-electron chi connectivity index (χ0n) is 11.3. The number of amides is 1. The monoisotopic (exact) mass is 289 g/mol. The van der Waals surface area contributed by atoms with Gasteiger partial charge in [-0.15, -0.1) is 0 Å². The van der Waals surface area contributed by atoms with Crippen molar-refractivity contribution in [2.24, 2.45) is 5.92 Å². The molecule has 20 heavy (non-hydrogen) atoms. The van der Waals surface area contributed by atoms with Gasteiger partial charge in [0.1, 0.15) is 0 Å². The standard InChI is InChI=1S/C15H16ClN3O/c1-18(9-11-6-7-11)15(20)12-8-17-19(10-12)14-5-3-2-4-13(14)16/h2-5,8,10-11H,6-7,9H2,1H3. The molecule has 1 aromatic heterocycles. The van der Waals surface area contributed by atoms with Crippen LogP contribution in [0.4, 0.5) is 0 Å². The van der Waals surface area contributed by atoms with Crippen molar-refractivity contribution in [3.8, 4) is 5.69 Å². The molecule has 5 heteroatoms. The number of para-hydroxylation sites is 1. The molecule has 0 bridgehead atoms. The van der Waals surface area contributed by atoms with Crippen LogP contribution in [0.1, 0.15) is 23.2 Å². The van der Waals surface area contributed by atoms with Gasteiger partial charge in [-0.05, 0) is 30.9 Å². The summed E-state index contributed by atoms with van der Waals surface area (Å²) in [6.45, 7) is 0.829. The fourth-order valence-electron chi connectivity index (χ4n) is 2.19. The number of nitrogens with zero attached hydrogens (tertiary/aromatic N) is 3. The first-order valence-electron chi connectivity index (χ1n) is 6.70. The summed E-state index contributed by atoms with van der Waals surface area (Å²) in [5.74, 6) is 0.692. The SMILES string of the molecule is CN(CC1CC1)C(=O)c1cnn(-c2ccccc2Cl)c1. The van der Waals surface area contributed by atoms with Crippen LogP contribution in [0.2, 0.25) is 5.02 Å². The minimum Gasteiger partial charge on any atom is -0.341 e. The minimum absolute atomic E-state index is 0.00945. The van der Waals surface area contributed by atoms with E-state index in [9.17, 15) is 4.79 Å². The number of hydrogen-bond acceptors (Lipinski definition) is 2. The number of halogens is 1. The van der Waals surface area contributed by atoms with Crippen molar-refractivity contribution < 1.29 is 4.79 Å². The maximum atomic E-state index is 12.3. The zero-order chi connectivity index (χ0) is 14.1. The molecule has 0 N–H and O–H groups in total. The van der Waals surface area contributed by atoms with Gasteiger partial charge in [0.25, 0.3) is 5.91 Å². The number of hydrogen-bond donors (Lipinski definition) is 0. The van der Waals surface area contributed by atoms with Crippen molar-refractivity contribution in [1.82, 2.24) is 14.7 Å². The average molecular weight is 290 g/mol. The Morgan fingerprint density at radius 3 is 2.90 bits per heavy atom. The second-order valence-electron chi connectivity index (χ2n) is 5.25. The molecule has 0 aliphatic heterocycles. The third kappa shape index (κ3) is 2.70. The summed E-state index contributed by atoms with van der Waals surface area (Å²) in [5.41, 5.74) is 1.37. The van der Waals surface area contributed by atoms with Crippen LogP contribution in [-0.4, -0.2) is 34.2 Å². The van der Waals surface area contributed by atoms with Crippen LogP contribution >= 0.6 is 11.6 Å². The molecule has 1 aliphatic carbocycles. The third-order valence-corrected chi connectivity index (χ3v) is 3.82. The van der Waals surface area contributed by atoms with Crippen molar-refractivity contribution in [3.05, 3.63) is 47.2 Å². The van der Waals surface area contributed by atoms with E-state index in [2.05, 4.69) is 5.10 Å². The van der Waals surface area contributed by atoms with Crippen molar-refractivity contribution in [2.75, 3.05) is 13.6 Å². The molecule has 0 radical (unpaired) electrons. The summed E-state index contributed by atoms with van der Waals surface area (Å²) in [4.78, 5) is 14.0. The molecule has 104 valence electrons. The van der Waals surface area contributed by atoms with E-state index in [1.54, 1.807) is 28.0 Å². The van der Waals surface area contributed by atoms with E-state index in [4.69, 9.17) is 11.6 Å². The van der Waals surface area contributed by atoms with E-state index < -0.39 is 0 Å². The second-order valence-corrected chi connectivity index (χ2v) is 5.66.